The third kappa shape index (κ3) is 3.34. The number of hydrogen-bond acceptors (Lipinski definition) is 4. The number of H-pyrrole nitrogens is 2. The van der Waals surface area contributed by atoms with Gasteiger partial charge < -0.3 is 4.98 Å². The van der Waals surface area contributed by atoms with Gasteiger partial charge in [-0.1, -0.05) is 40.2 Å². The summed E-state index contributed by atoms with van der Waals surface area (Å²) >= 11 is 8.60. The van der Waals surface area contributed by atoms with Gasteiger partial charge in [0.15, 0.2) is 4.77 Å². The summed E-state index contributed by atoms with van der Waals surface area (Å²) in [5.74, 6) is -0.527. The van der Waals surface area contributed by atoms with Crippen molar-refractivity contribution in [2.24, 2.45) is 0 Å². The molecule has 4 aromatic rings. The number of carbonyl (C=O) groups excluding carboxylic acids is 1. The molecule has 2 heterocycles. The Kier molecular flexibility index (Phi) is 4.46. The number of amides is 1. The van der Waals surface area contributed by atoms with Crippen molar-refractivity contribution in [3.8, 4) is 11.3 Å². The second kappa shape index (κ2) is 6.93. The zero-order valence-electron chi connectivity index (χ0n) is 13.7. The first-order chi connectivity index (χ1) is 13.0. The van der Waals surface area contributed by atoms with Gasteiger partial charge in [0.1, 0.15) is 5.69 Å². The van der Waals surface area contributed by atoms with Gasteiger partial charge >= 0.3 is 0 Å². The number of nitrogens with one attached hydrogen (secondary N) is 3. The molecule has 0 spiro atoms. The SMILES string of the molecule is O=C(Nn1c(=S)[nH]c2ccccc2c1=O)c1cc(-c2cccc(Br)c2)n[nH]1. The van der Waals surface area contributed by atoms with Crippen molar-refractivity contribution in [2.75, 3.05) is 5.43 Å². The third-order valence-corrected chi connectivity index (χ3v) is 4.74. The van der Waals surface area contributed by atoms with E-state index in [9.17, 15) is 9.59 Å². The van der Waals surface area contributed by atoms with E-state index >= 15 is 0 Å². The van der Waals surface area contributed by atoms with E-state index in [2.05, 4.69) is 36.5 Å². The monoisotopic (exact) mass is 441 g/mol. The molecule has 4 rings (SSSR count). The Balaban J connectivity index is 1.67. The van der Waals surface area contributed by atoms with Crippen molar-refractivity contribution < 1.29 is 4.79 Å². The Morgan fingerprint density at radius 3 is 2.78 bits per heavy atom. The van der Waals surface area contributed by atoms with E-state index in [1.807, 2.05) is 24.3 Å². The van der Waals surface area contributed by atoms with Crippen molar-refractivity contribution in [3.05, 3.63) is 79.9 Å². The van der Waals surface area contributed by atoms with Crippen LogP contribution in [0, 0.1) is 4.77 Å². The van der Waals surface area contributed by atoms with Crippen molar-refractivity contribution in [1.82, 2.24) is 19.9 Å². The summed E-state index contributed by atoms with van der Waals surface area (Å²) in [6, 6.07) is 16.1. The van der Waals surface area contributed by atoms with Crippen LogP contribution in [0.2, 0.25) is 0 Å². The van der Waals surface area contributed by atoms with Crippen LogP contribution in [0.3, 0.4) is 0 Å². The van der Waals surface area contributed by atoms with Crippen LogP contribution in [0.15, 0.2) is 63.9 Å². The Labute approximate surface area is 166 Å². The Hall–Kier alpha value is -3.04. The standard InChI is InChI=1S/C18H12BrN5O2S/c19-11-5-3-4-10(8-11)14-9-15(22-21-14)16(25)23-24-17(26)12-6-1-2-7-13(12)20-18(24)27/h1-9H,(H,20,27)(H,21,22)(H,23,25). The lowest BCUT2D eigenvalue weighted by molar-refractivity contribution is 0.100. The summed E-state index contributed by atoms with van der Waals surface area (Å²) in [5, 5.41) is 7.26. The first kappa shape index (κ1) is 17.4. The molecule has 0 fully saturated rings. The maximum Gasteiger partial charge on any atom is 0.288 e. The van der Waals surface area contributed by atoms with Crippen molar-refractivity contribution in [3.63, 3.8) is 0 Å². The van der Waals surface area contributed by atoms with Crippen LogP contribution in [-0.4, -0.2) is 25.8 Å². The van der Waals surface area contributed by atoms with Crippen LogP contribution < -0.4 is 11.0 Å². The molecule has 0 atom stereocenters. The highest BCUT2D eigenvalue weighted by Crippen LogP contribution is 2.21. The number of aromatic amines is 2. The number of halogens is 1. The van der Waals surface area contributed by atoms with Crippen LogP contribution in [0.1, 0.15) is 10.5 Å². The molecule has 9 heteroatoms. The van der Waals surface area contributed by atoms with Gasteiger partial charge in [-0.25, -0.2) is 0 Å². The molecule has 0 bridgehead atoms. The fraction of sp³-hybridized carbons (Fsp3) is 0. The molecule has 0 saturated carbocycles. The smallest absolute Gasteiger partial charge is 0.288 e. The van der Waals surface area contributed by atoms with E-state index in [1.165, 1.54) is 0 Å². The molecule has 0 unspecified atom stereocenters. The van der Waals surface area contributed by atoms with Crippen molar-refractivity contribution in [1.29, 1.82) is 0 Å². The topological polar surface area (TPSA) is 95.6 Å². The van der Waals surface area contributed by atoms with Crippen molar-refractivity contribution >= 4 is 45.0 Å². The van der Waals surface area contributed by atoms with Crippen LogP contribution in [0.5, 0.6) is 0 Å². The molecule has 2 aromatic carbocycles. The molecule has 1 amide bonds. The molecule has 27 heavy (non-hydrogen) atoms. The molecule has 0 saturated heterocycles. The predicted molar refractivity (Wildman–Crippen MR) is 109 cm³/mol. The maximum atomic E-state index is 12.6. The van der Waals surface area contributed by atoms with Gasteiger partial charge in [-0.2, -0.15) is 9.77 Å². The second-order valence-electron chi connectivity index (χ2n) is 5.73. The molecule has 0 aliphatic carbocycles. The summed E-state index contributed by atoms with van der Waals surface area (Å²) < 4.78 is 2.02. The van der Waals surface area contributed by atoms with Crippen LogP contribution in [0.4, 0.5) is 0 Å². The molecular weight excluding hydrogens is 430 g/mol. The quantitative estimate of drug-likeness (QED) is 0.423. The zero-order valence-corrected chi connectivity index (χ0v) is 16.1. The average Bonchev–Trinajstić information content (AvgIpc) is 3.15. The van der Waals surface area contributed by atoms with E-state index in [1.54, 1.807) is 30.3 Å². The molecule has 2 aromatic heterocycles. The highest BCUT2D eigenvalue weighted by atomic mass is 79.9. The molecule has 0 aliphatic rings. The minimum atomic E-state index is -0.527. The fourth-order valence-electron chi connectivity index (χ4n) is 2.66. The molecule has 134 valence electrons. The Morgan fingerprint density at radius 2 is 1.96 bits per heavy atom. The average molecular weight is 442 g/mol. The Morgan fingerprint density at radius 1 is 1.15 bits per heavy atom. The van der Waals surface area contributed by atoms with Gasteiger partial charge in [0, 0.05) is 10.0 Å². The number of aromatic nitrogens is 4. The Bertz CT molecular complexity index is 1290. The van der Waals surface area contributed by atoms with Gasteiger partial charge in [0.05, 0.1) is 16.6 Å². The zero-order chi connectivity index (χ0) is 19.0. The van der Waals surface area contributed by atoms with Crippen LogP contribution >= 0.6 is 28.1 Å². The molecular formula is C18H12BrN5O2S. The summed E-state index contributed by atoms with van der Waals surface area (Å²) in [4.78, 5) is 28.1. The van der Waals surface area contributed by atoms with E-state index < -0.39 is 11.5 Å². The van der Waals surface area contributed by atoms with Crippen LogP contribution in [0.25, 0.3) is 22.2 Å². The summed E-state index contributed by atoms with van der Waals surface area (Å²) in [6.45, 7) is 0. The summed E-state index contributed by atoms with van der Waals surface area (Å²) in [7, 11) is 0. The fourth-order valence-corrected chi connectivity index (χ4v) is 3.30. The predicted octanol–water partition coefficient (Wildman–Crippen LogP) is 3.60. The van der Waals surface area contributed by atoms with E-state index in [0.717, 1.165) is 14.7 Å². The number of nitrogens with zero attached hydrogens (tertiary/aromatic N) is 2. The number of hydrogen-bond donors (Lipinski definition) is 3. The number of benzene rings is 2. The summed E-state index contributed by atoms with van der Waals surface area (Å²) in [6.07, 6.45) is 0. The number of para-hydroxylation sites is 1. The molecule has 0 radical (unpaired) electrons. The normalized spacial score (nSPS) is 10.9. The molecule has 0 aliphatic heterocycles. The first-order valence-electron chi connectivity index (χ1n) is 7.90. The van der Waals surface area contributed by atoms with Gasteiger partial charge in [-0.3, -0.25) is 20.1 Å². The lowest BCUT2D eigenvalue weighted by Crippen LogP contribution is -2.34. The van der Waals surface area contributed by atoms with Gasteiger partial charge in [-0.05, 0) is 42.5 Å². The van der Waals surface area contributed by atoms with E-state index in [0.29, 0.717) is 16.6 Å². The number of rotatable bonds is 3. The van der Waals surface area contributed by atoms with E-state index in [4.69, 9.17) is 12.2 Å². The van der Waals surface area contributed by atoms with E-state index in [-0.39, 0.29) is 10.5 Å². The minimum absolute atomic E-state index is 0.0961. The largest absolute Gasteiger partial charge is 0.330 e. The third-order valence-electron chi connectivity index (χ3n) is 3.96. The number of fused-ring (bicyclic) bond motifs is 1. The van der Waals surface area contributed by atoms with Crippen molar-refractivity contribution in [2.45, 2.75) is 0 Å². The molecule has 3 N–H and O–H groups in total. The maximum absolute atomic E-state index is 12.6. The van der Waals surface area contributed by atoms with Gasteiger partial charge in [-0.15, -0.1) is 0 Å². The van der Waals surface area contributed by atoms with Crippen LogP contribution in [-0.2, 0) is 0 Å². The van der Waals surface area contributed by atoms with Gasteiger partial charge in [0.2, 0.25) is 0 Å². The number of carbonyl (C=O) groups is 1. The summed E-state index contributed by atoms with van der Waals surface area (Å²) in [5.41, 5.74) is 4.38. The molecule has 7 nitrogen and oxygen atoms in total. The highest BCUT2D eigenvalue weighted by Gasteiger charge is 2.14. The lowest BCUT2D eigenvalue weighted by atomic mass is 10.1. The van der Waals surface area contributed by atoms with Gasteiger partial charge in [0.25, 0.3) is 11.5 Å². The first-order valence-corrected chi connectivity index (χ1v) is 9.10. The highest BCUT2D eigenvalue weighted by molar-refractivity contribution is 9.10. The minimum Gasteiger partial charge on any atom is -0.330 e. The lowest BCUT2D eigenvalue weighted by Gasteiger charge is -2.08. The second-order valence-corrected chi connectivity index (χ2v) is 7.04.